The maximum Gasteiger partial charge on any atom is 0.226 e. The van der Waals surface area contributed by atoms with Crippen molar-refractivity contribution in [3.63, 3.8) is 0 Å². The maximum atomic E-state index is 5.13. The van der Waals surface area contributed by atoms with Gasteiger partial charge in [0.1, 0.15) is 0 Å². The van der Waals surface area contributed by atoms with E-state index in [2.05, 4.69) is 51.5 Å². The number of aromatic nitrogens is 2. The number of anilines is 1. The molecule has 0 saturated carbocycles. The number of aliphatic imine (C=N–C) groups is 1. The highest BCUT2D eigenvalue weighted by atomic mass is 16.5. The lowest BCUT2D eigenvalue weighted by atomic mass is 10.2. The Labute approximate surface area is 136 Å². The lowest BCUT2D eigenvalue weighted by molar-refractivity contribution is 0.376. The largest absolute Gasteiger partial charge is 0.356 e. The van der Waals surface area contributed by atoms with Crippen LogP contribution in [0, 0.1) is 0 Å². The average Bonchev–Trinajstić information content (AvgIpc) is 3.20. The molecule has 1 aromatic heterocycles. The highest BCUT2D eigenvalue weighted by Gasteiger charge is 2.22. The van der Waals surface area contributed by atoms with Crippen molar-refractivity contribution in [1.29, 1.82) is 0 Å². The molecule has 0 aliphatic carbocycles. The van der Waals surface area contributed by atoms with Crippen LogP contribution in [-0.4, -0.2) is 35.7 Å². The highest BCUT2D eigenvalue weighted by molar-refractivity contribution is 5.97. The summed E-state index contributed by atoms with van der Waals surface area (Å²) in [6, 6.07) is 8.51. The third-order valence-electron chi connectivity index (χ3n) is 3.89. The predicted molar refractivity (Wildman–Crippen MR) is 90.9 cm³/mol. The first-order valence-electron chi connectivity index (χ1n) is 8.27. The number of hydrogen-bond donors (Lipinski definition) is 1. The van der Waals surface area contributed by atoms with Gasteiger partial charge in [0.2, 0.25) is 5.89 Å². The lowest BCUT2D eigenvalue weighted by Gasteiger charge is -2.22. The van der Waals surface area contributed by atoms with Crippen LogP contribution in [0.5, 0.6) is 0 Å². The number of nitrogens with one attached hydrogen (secondary N) is 1. The van der Waals surface area contributed by atoms with E-state index in [0.29, 0.717) is 18.9 Å². The minimum Gasteiger partial charge on any atom is -0.356 e. The molecule has 1 N–H and O–H groups in total. The number of aryl methyl sites for hydroxylation is 1. The summed E-state index contributed by atoms with van der Waals surface area (Å²) in [7, 11) is 0. The summed E-state index contributed by atoms with van der Waals surface area (Å²) in [6.07, 6.45) is 2.52. The number of nitrogens with zero attached hydrogens (tertiary/aromatic N) is 4. The number of benzene rings is 1. The van der Waals surface area contributed by atoms with Crippen LogP contribution in [0.2, 0.25) is 0 Å². The van der Waals surface area contributed by atoms with Gasteiger partial charge >= 0.3 is 0 Å². The van der Waals surface area contributed by atoms with Gasteiger partial charge in [-0.1, -0.05) is 30.3 Å². The van der Waals surface area contributed by atoms with Crippen molar-refractivity contribution in [3.8, 4) is 0 Å². The van der Waals surface area contributed by atoms with Crippen LogP contribution in [0.4, 0.5) is 5.69 Å². The molecule has 0 radical (unpaired) electrons. The normalized spacial score (nSPS) is 14.2. The standard InChI is InChI=1S/C17H23N5O/c1-3-16-20-15(21-23-16)9-11-19-17(18-4-2)22-12-10-13-7-5-6-8-14(13)22/h5-8H,3-4,9-12H2,1-2H3,(H,18,19). The molecule has 0 amide bonds. The zero-order valence-corrected chi connectivity index (χ0v) is 13.7. The molecule has 6 nitrogen and oxygen atoms in total. The molecule has 0 fully saturated rings. The number of para-hydroxylation sites is 1. The molecule has 2 aromatic rings. The molecule has 23 heavy (non-hydrogen) atoms. The average molecular weight is 313 g/mol. The van der Waals surface area contributed by atoms with Gasteiger partial charge in [-0.3, -0.25) is 4.99 Å². The Morgan fingerprint density at radius 3 is 3.00 bits per heavy atom. The second-order valence-corrected chi connectivity index (χ2v) is 5.47. The molecule has 0 bridgehead atoms. The van der Waals surface area contributed by atoms with E-state index in [9.17, 15) is 0 Å². The van der Waals surface area contributed by atoms with Gasteiger partial charge in [0.15, 0.2) is 11.8 Å². The molecular formula is C17H23N5O. The van der Waals surface area contributed by atoms with Crippen molar-refractivity contribution in [2.24, 2.45) is 4.99 Å². The lowest BCUT2D eigenvalue weighted by Crippen LogP contribution is -2.40. The van der Waals surface area contributed by atoms with Crippen LogP contribution >= 0.6 is 0 Å². The van der Waals surface area contributed by atoms with Gasteiger partial charge in [-0.25, -0.2) is 0 Å². The SMILES string of the molecule is CCNC(=NCCc1noc(CC)n1)N1CCc2ccccc21. The van der Waals surface area contributed by atoms with Gasteiger partial charge in [-0.05, 0) is 25.0 Å². The molecule has 1 aliphatic heterocycles. The predicted octanol–water partition coefficient (Wildman–Crippen LogP) is 2.20. The first-order chi connectivity index (χ1) is 11.3. The zero-order valence-electron chi connectivity index (χ0n) is 13.7. The van der Waals surface area contributed by atoms with Crippen LogP contribution in [0.25, 0.3) is 0 Å². The second-order valence-electron chi connectivity index (χ2n) is 5.47. The molecular weight excluding hydrogens is 290 g/mol. The summed E-state index contributed by atoms with van der Waals surface area (Å²) in [4.78, 5) is 11.3. The van der Waals surface area contributed by atoms with E-state index in [1.54, 1.807) is 0 Å². The number of hydrogen-bond acceptors (Lipinski definition) is 4. The molecule has 1 aromatic carbocycles. The molecule has 0 saturated heterocycles. The van der Waals surface area contributed by atoms with E-state index in [0.717, 1.165) is 37.7 Å². The number of rotatable bonds is 5. The Morgan fingerprint density at radius 2 is 2.22 bits per heavy atom. The van der Waals surface area contributed by atoms with Crippen molar-refractivity contribution >= 4 is 11.6 Å². The molecule has 1 aliphatic rings. The highest BCUT2D eigenvalue weighted by Crippen LogP contribution is 2.27. The summed E-state index contributed by atoms with van der Waals surface area (Å²) in [5, 5.41) is 7.35. The third kappa shape index (κ3) is 3.52. The molecule has 0 atom stereocenters. The van der Waals surface area contributed by atoms with Crippen molar-refractivity contribution < 1.29 is 4.52 Å². The quantitative estimate of drug-likeness (QED) is 0.677. The van der Waals surface area contributed by atoms with E-state index in [1.165, 1.54) is 11.3 Å². The van der Waals surface area contributed by atoms with Gasteiger partial charge < -0.3 is 14.7 Å². The van der Waals surface area contributed by atoms with Gasteiger partial charge in [0, 0.05) is 38.2 Å². The minimum atomic E-state index is 0.643. The Bertz CT molecular complexity index is 679. The fourth-order valence-corrected chi connectivity index (χ4v) is 2.75. The summed E-state index contributed by atoms with van der Waals surface area (Å²) in [5.41, 5.74) is 2.63. The summed E-state index contributed by atoms with van der Waals surface area (Å²) in [5.74, 6) is 2.34. The molecule has 122 valence electrons. The first-order valence-corrected chi connectivity index (χ1v) is 8.27. The molecule has 0 spiro atoms. The van der Waals surface area contributed by atoms with Crippen LogP contribution in [0.3, 0.4) is 0 Å². The van der Waals surface area contributed by atoms with E-state index in [1.807, 2.05) is 6.92 Å². The number of guanidine groups is 1. The van der Waals surface area contributed by atoms with Gasteiger partial charge in [0.25, 0.3) is 0 Å². The van der Waals surface area contributed by atoms with Crippen molar-refractivity contribution in [2.75, 3.05) is 24.5 Å². The molecule has 0 unspecified atom stereocenters. The Morgan fingerprint density at radius 1 is 1.35 bits per heavy atom. The van der Waals surface area contributed by atoms with Crippen LogP contribution in [0.1, 0.15) is 31.1 Å². The van der Waals surface area contributed by atoms with Gasteiger partial charge in [-0.2, -0.15) is 4.98 Å². The maximum absolute atomic E-state index is 5.13. The molecule has 2 heterocycles. The second kappa shape index (κ2) is 7.26. The molecule has 6 heteroatoms. The third-order valence-corrected chi connectivity index (χ3v) is 3.89. The topological polar surface area (TPSA) is 66.5 Å². The van der Waals surface area contributed by atoms with E-state index in [-0.39, 0.29) is 0 Å². The van der Waals surface area contributed by atoms with Crippen LogP contribution in [0.15, 0.2) is 33.8 Å². The van der Waals surface area contributed by atoms with Gasteiger partial charge in [-0.15, -0.1) is 0 Å². The first kappa shape index (κ1) is 15.5. The summed E-state index contributed by atoms with van der Waals surface area (Å²) in [6.45, 7) is 6.55. The number of fused-ring (bicyclic) bond motifs is 1. The van der Waals surface area contributed by atoms with Crippen molar-refractivity contribution in [2.45, 2.75) is 33.1 Å². The fourth-order valence-electron chi connectivity index (χ4n) is 2.75. The molecule has 3 rings (SSSR count). The monoisotopic (exact) mass is 313 g/mol. The summed E-state index contributed by atoms with van der Waals surface area (Å²) >= 11 is 0. The van der Waals surface area contributed by atoms with E-state index >= 15 is 0 Å². The van der Waals surface area contributed by atoms with Crippen molar-refractivity contribution in [3.05, 3.63) is 41.5 Å². The van der Waals surface area contributed by atoms with Crippen molar-refractivity contribution in [1.82, 2.24) is 15.5 Å². The Kier molecular flexibility index (Phi) is 4.90. The zero-order chi connectivity index (χ0) is 16.1. The van der Waals surface area contributed by atoms with E-state index < -0.39 is 0 Å². The Balaban J connectivity index is 1.69. The summed E-state index contributed by atoms with van der Waals surface area (Å²) < 4.78 is 5.13. The van der Waals surface area contributed by atoms with Crippen LogP contribution in [-0.2, 0) is 19.3 Å². The smallest absolute Gasteiger partial charge is 0.226 e. The fraction of sp³-hybridized carbons (Fsp3) is 0.471. The van der Waals surface area contributed by atoms with Gasteiger partial charge in [0.05, 0.1) is 0 Å². The Hall–Kier alpha value is -2.37. The minimum absolute atomic E-state index is 0.643. The van der Waals surface area contributed by atoms with Crippen LogP contribution < -0.4 is 10.2 Å². The van der Waals surface area contributed by atoms with E-state index in [4.69, 9.17) is 9.52 Å².